The quantitative estimate of drug-likeness (QED) is 0.638. The van der Waals surface area contributed by atoms with Crippen LogP contribution in [0, 0.1) is 25.2 Å². The van der Waals surface area contributed by atoms with Crippen LogP contribution in [0.25, 0.3) is 6.08 Å². The number of carbonyl (C=O) groups is 1. The van der Waals surface area contributed by atoms with Gasteiger partial charge in [0, 0.05) is 29.7 Å². The van der Waals surface area contributed by atoms with E-state index >= 15 is 0 Å². The Balaban J connectivity index is 2.24. The van der Waals surface area contributed by atoms with Gasteiger partial charge in [-0.1, -0.05) is 6.07 Å². The lowest BCUT2D eigenvalue weighted by atomic mass is 10.1. The summed E-state index contributed by atoms with van der Waals surface area (Å²) >= 11 is 0. The highest BCUT2D eigenvalue weighted by molar-refractivity contribution is 6.09. The maximum Gasteiger partial charge on any atom is 0.266 e. The number of anilines is 1. The Morgan fingerprint density at radius 1 is 1.32 bits per heavy atom. The van der Waals surface area contributed by atoms with Crippen molar-refractivity contribution < 1.29 is 9.53 Å². The van der Waals surface area contributed by atoms with Gasteiger partial charge in [-0.15, -0.1) is 0 Å². The first-order valence-corrected chi connectivity index (χ1v) is 8.32. The van der Waals surface area contributed by atoms with Gasteiger partial charge < -0.3 is 14.6 Å². The van der Waals surface area contributed by atoms with Gasteiger partial charge in [0.1, 0.15) is 17.4 Å². The molecule has 0 unspecified atom stereocenters. The molecule has 0 bridgehead atoms. The Labute approximate surface area is 148 Å². The van der Waals surface area contributed by atoms with E-state index in [1.54, 1.807) is 24.3 Å². The standard InChI is InChI=1S/C20H23N3O2/c1-5-23-14(3)10-16(15(23)4)11-17(13-21)20(24)22-18-8-7-9-19(12-18)25-6-2/h7-12H,5-6H2,1-4H3,(H,22,24)/b17-11-. The van der Waals surface area contributed by atoms with E-state index in [-0.39, 0.29) is 5.57 Å². The van der Waals surface area contributed by atoms with Crippen molar-refractivity contribution in [3.05, 3.63) is 52.9 Å². The molecule has 0 aliphatic heterocycles. The molecule has 0 saturated carbocycles. The van der Waals surface area contributed by atoms with Crippen LogP contribution < -0.4 is 10.1 Å². The number of hydrogen-bond donors (Lipinski definition) is 1. The van der Waals surface area contributed by atoms with Gasteiger partial charge in [-0.2, -0.15) is 5.26 Å². The number of nitrogens with zero attached hydrogens (tertiary/aromatic N) is 2. The van der Waals surface area contributed by atoms with Gasteiger partial charge in [0.25, 0.3) is 5.91 Å². The third kappa shape index (κ3) is 4.30. The third-order valence-electron chi connectivity index (χ3n) is 4.00. The summed E-state index contributed by atoms with van der Waals surface area (Å²) < 4.78 is 7.56. The van der Waals surface area contributed by atoms with Crippen LogP contribution in [-0.2, 0) is 11.3 Å². The van der Waals surface area contributed by atoms with Crippen LogP contribution in [-0.4, -0.2) is 17.1 Å². The van der Waals surface area contributed by atoms with E-state index in [0.29, 0.717) is 18.0 Å². The number of rotatable bonds is 6. The summed E-state index contributed by atoms with van der Waals surface area (Å²) in [6.07, 6.45) is 1.64. The number of amides is 1. The number of hydrogen-bond acceptors (Lipinski definition) is 3. The summed E-state index contributed by atoms with van der Waals surface area (Å²) in [5.74, 6) is 0.242. The minimum absolute atomic E-state index is 0.0677. The fourth-order valence-electron chi connectivity index (χ4n) is 2.79. The molecule has 0 fully saturated rings. The molecule has 0 radical (unpaired) electrons. The number of benzene rings is 1. The molecular weight excluding hydrogens is 314 g/mol. The third-order valence-corrected chi connectivity index (χ3v) is 4.00. The van der Waals surface area contributed by atoms with Crippen molar-refractivity contribution in [3.8, 4) is 11.8 Å². The summed E-state index contributed by atoms with van der Waals surface area (Å²) in [5, 5.41) is 12.1. The first kappa shape index (κ1) is 18.3. The van der Waals surface area contributed by atoms with Gasteiger partial charge in [0.2, 0.25) is 0 Å². The molecule has 0 aliphatic carbocycles. The molecule has 5 heteroatoms. The van der Waals surface area contributed by atoms with E-state index in [4.69, 9.17) is 4.74 Å². The van der Waals surface area contributed by atoms with Crippen molar-refractivity contribution in [1.82, 2.24) is 4.57 Å². The molecule has 25 heavy (non-hydrogen) atoms. The lowest BCUT2D eigenvalue weighted by Gasteiger charge is -2.08. The smallest absolute Gasteiger partial charge is 0.266 e. The van der Waals surface area contributed by atoms with Gasteiger partial charge in [0.05, 0.1) is 6.61 Å². The molecular formula is C20H23N3O2. The number of aryl methyl sites for hydroxylation is 1. The van der Waals surface area contributed by atoms with Crippen molar-refractivity contribution >= 4 is 17.7 Å². The zero-order chi connectivity index (χ0) is 18.4. The Hall–Kier alpha value is -3.00. The zero-order valence-electron chi connectivity index (χ0n) is 15.1. The van der Waals surface area contributed by atoms with Crippen molar-refractivity contribution in [3.63, 3.8) is 0 Å². The van der Waals surface area contributed by atoms with E-state index in [9.17, 15) is 10.1 Å². The molecule has 0 atom stereocenters. The normalized spacial score (nSPS) is 11.1. The van der Waals surface area contributed by atoms with Crippen LogP contribution in [0.2, 0.25) is 0 Å². The number of nitriles is 1. The van der Waals surface area contributed by atoms with Gasteiger partial charge in [-0.05, 0) is 57.5 Å². The molecule has 5 nitrogen and oxygen atoms in total. The van der Waals surface area contributed by atoms with Crippen molar-refractivity contribution in [1.29, 1.82) is 5.26 Å². The van der Waals surface area contributed by atoms with Crippen LogP contribution in [0.3, 0.4) is 0 Å². The Morgan fingerprint density at radius 3 is 2.68 bits per heavy atom. The SMILES string of the molecule is CCOc1cccc(NC(=O)/C(C#N)=C\c2cc(C)n(CC)c2C)c1. The second-order valence-corrected chi connectivity index (χ2v) is 5.66. The number of ether oxygens (including phenoxy) is 1. The van der Waals surface area contributed by atoms with E-state index in [0.717, 1.165) is 23.5 Å². The molecule has 0 saturated heterocycles. The highest BCUT2D eigenvalue weighted by Gasteiger charge is 2.13. The predicted molar refractivity (Wildman–Crippen MR) is 99.4 cm³/mol. The van der Waals surface area contributed by atoms with E-state index < -0.39 is 5.91 Å². The average molecular weight is 337 g/mol. The van der Waals surface area contributed by atoms with E-state index in [1.807, 2.05) is 39.0 Å². The average Bonchev–Trinajstić information content (AvgIpc) is 2.86. The molecule has 2 aromatic rings. The topological polar surface area (TPSA) is 67.0 Å². The zero-order valence-corrected chi connectivity index (χ0v) is 15.1. The summed E-state index contributed by atoms with van der Waals surface area (Å²) in [4.78, 5) is 12.4. The molecule has 1 aromatic carbocycles. The summed E-state index contributed by atoms with van der Waals surface area (Å²) in [5.41, 5.74) is 3.69. The molecule has 1 heterocycles. The van der Waals surface area contributed by atoms with Crippen molar-refractivity contribution in [2.45, 2.75) is 34.2 Å². The van der Waals surface area contributed by atoms with E-state index in [2.05, 4.69) is 16.8 Å². The highest BCUT2D eigenvalue weighted by atomic mass is 16.5. The molecule has 1 aromatic heterocycles. The molecule has 1 N–H and O–H groups in total. The predicted octanol–water partition coefficient (Wildman–Crippen LogP) is 4.07. The molecule has 130 valence electrons. The van der Waals surface area contributed by atoms with Crippen LogP contribution in [0.1, 0.15) is 30.8 Å². The minimum atomic E-state index is -0.433. The number of carbonyl (C=O) groups excluding carboxylic acids is 1. The van der Waals surface area contributed by atoms with Crippen LogP contribution in [0.4, 0.5) is 5.69 Å². The van der Waals surface area contributed by atoms with Crippen molar-refractivity contribution in [2.75, 3.05) is 11.9 Å². The molecule has 0 aliphatic rings. The summed E-state index contributed by atoms with van der Waals surface area (Å²) in [7, 11) is 0. The Kier molecular flexibility index (Phi) is 6.02. The van der Waals surface area contributed by atoms with Gasteiger partial charge in [-0.3, -0.25) is 4.79 Å². The monoisotopic (exact) mass is 337 g/mol. The summed E-state index contributed by atoms with van der Waals surface area (Å²) in [6, 6.07) is 11.1. The van der Waals surface area contributed by atoms with Crippen LogP contribution in [0.5, 0.6) is 5.75 Å². The number of nitrogens with one attached hydrogen (secondary N) is 1. The lowest BCUT2D eigenvalue weighted by molar-refractivity contribution is -0.112. The molecule has 1 amide bonds. The summed E-state index contributed by atoms with van der Waals surface area (Å²) in [6.45, 7) is 9.36. The van der Waals surface area contributed by atoms with Gasteiger partial charge >= 0.3 is 0 Å². The maximum atomic E-state index is 12.4. The molecule has 2 rings (SSSR count). The number of aromatic nitrogens is 1. The Bertz CT molecular complexity index is 841. The maximum absolute atomic E-state index is 12.4. The second-order valence-electron chi connectivity index (χ2n) is 5.66. The van der Waals surface area contributed by atoms with E-state index in [1.165, 1.54) is 0 Å². The largest absolute Gasteiger partial charge is 0.494 e. The Morgan fingerprint density at radius 2 is 2.08 bits per heavy atom. The highest BCUT2D eigenvalue weighted by Crippen LogP contribution is 2.20. The first-order chi connectivity index (χ1) is 12.0. The molecule has 0 spiro atoms. The fraction of sp³-hybridized carbons (Fsp3) is 0.300. The van der Waals surface area contributed by atoms with Crippen molar-refractivity contribution in [2.24, 2.45) is 0 Å². The fourth-order valence-corrected chi connectivity index (χ4v) is 2.79. The lowest BCUT2D eigenvalue weighted by Crippen LogP contribution is -2.13. The van der Waals surface area contributed by atoms with Crippen LogP contribution in [0.15, 0.2) is 35.9 Å². The second kappa shape index (κ2) is 8.20. The van der Waals surface area contributed by atoms with Crippen LogP contribution >= 0.6 is 0 Å². The van der Waals surface area contributed by atoms with Gasteiger partial charge in [-0.25, -0.2) is 0 Å². The van der Waals surface area contributed by atoms with Gasteiger partial charge in [0.15, 0.2) is 0 Å². The minimum Gasteiger partial charge on any atom is -0.494 e. The first-order valence-electron chi connectivity index (χ1n) is 8.32.